The first-order chi connectivity index (χ1) is 11.6. The highest BCUT2D eigenvalue weighted by Gasteiger charge is 2.14. The average Bonchev–Trinajstić information content (AvgIpc) is 3.09. The van der Waals surface area contributed by atoms with Crippen LogP contribution < -0.4 is 5.32 Å². The Morgan fingerprint density at radius 1 is 1.25 bits per heavy atom. The molecule has 5 nitrogen and oxygen atoms in total. The van der Waals surface area contributed by atoms with Crippen molar-refractivity contribution < 1.29 is 4.79 Å². The summed E-state index contributed by atoms with van der Waals surface area (Å²) in [6, 6.07) is 12.8. The van der Waals surface area contributed by atoms with Crippen LogP contribution in [0.25, 0.3) is 5.69 Å². The maximum atomic E-state index is 12.5. The predicted molar refractivity (Wildman–Crippen MR) is 93.4 cm³/mol. The van der Waals surface area contributed by atoms with Crippen LogP contribution in [0.15, 0.2) is 55.1 Å². The van der Waals surface area contributed by atoms with Gasteiger partial charge in [0.1, 0.15) is 12.7 Å². The monoisotopic (exact) mass is 340 g/mol. The molecule has 0 saturated heterocycles. The van der Waals surface area contributed by atoms with Gasteiger partial charge < -0.3 is 5.32 Å². The third-order valence-electron chi connectivity index (χ3n) is 3.84. The van der Waals surface area contributed by atoms with E-state index < -0.39 is 0 Å². The van der Waals surface area contributed by atoms with Gasteiger partial charge in [-0.3, -0.25) is 4.79 Å². The fourth-order valence-corrected chi connectivity index (χ4v) is 2.87. The van der Waals surface area contributed by atoms with Crippen LogP contribution in [0, 0.1) is 6.92 Å². The second-order valence-corrected chi connectivity index (χ2v) is 5.97. The summed E-state index contributed by atoms with van der Waals surface area (Å²) in [5.74, 6) is -0.143. The van der Waals surface area contributed by atoms with Crippen LogP contribution in [-0.2, 0) is 0 Å². The number of nitrogens with one attached hydrogen (secondary N) is 1. The molecule has 1 amide bonds. The Bertz CT molecular complexity index is 861. The molecular formula is C18H17ClN4O. The first kappa shape index (κ1) is 16.2. The van der Waals surface area contributed by atoms with Gasteiger partial charge in [-0.05, 0) is 49.2 Å². The number of amides is 1. The molecular weight excluding hydrogens is 324 g/mol. The van der Waals surface area contributed by atoms with Crippen LogP contribution in [0.2, 0.25) is 5.02 Å². The molecule has 0 aliphatic heterocycles. The third kappa shape index (κ3) is 3.31. The van der Waals surface area contributed by atoms with E-state index in [1.165, 1.54) is 6.33 Å². The Labute approximate surface area is 145 Å². The van der Waals surface area contributed by atoms with E-state index in [9.17, 15) is 4.79 Å². The van der Waals surface area contributed by atoms with Crippen LogP contribution in [-0.4, -0.2) is 20.7 Å². The van der Waals surface area contributed by atoms with Gasteiger partial charge in [0.05, 0.1) is 11.7 Å². The van der Waals surface area contributed by atoms with Crippen molar-refractivity contribution >= 4 is 17.5 Å². The summed E-state index contributed by atoms with van der Waals surface area (Å²) < 4.78 is 1.67. The molecule has 1 atom stereocenters. The van der Waals surface area contributed by atoms with E-state index >= 15 is 0 Å². The second kappa shape index (κ2) is 6.84. The quantitative estimate of drug-likeness (QED) is 0.787. The SMILES string of the molecule is Cc1cc(C(=O)N[C@H](C)c2ccccc2Cl)ccc1-n1cncn1. The predicted octanol–water partition coefficient (Wildman–Crippen LogP) is 3.72. The van der Waals surface area contributed by atoms with Crippen molar-refractivity contribution in [3.63, 3.8) is 0 Å². The highest BCUT2D eigenvalue weighted by molar-refractivity contribution is 6.31. The largest absolute Gasteiger partial charge is 0.345 e. The van der Waals surface area contributed by atoms with E-state index in [1.54, 1.807) is 17.1 Å². The van der Waals surface area contributed by atoms with Gasteiger partial charge in [-0.25, -0.2) is 9.67 Å². The number of carbonyl (C=O) groups is 1. The van der Waals surface area contributed by atoms with Gasteiger partial charge in [-0.2, -0.15) is 5.10 Å². The van der Waals surface area contributed by atoms with Crippen molar-refractivity contribution in [1.29, 1.82) is 0 Å². The molecule has 0 aliphatic rings. The molecule has 122 valence electrons. The minimum absolute atomic E-state index is 0.143. The summed E-state index contributed by atoms with van der Waals surface area (Å²) in [5, 5.41) is 7.73. The molecule has 24 heavy (non-hydrogen) atoms. The van der Waals surface area contributed by atoms with Crippen molar-refractivity contribution in [2.45, 2.75) is 19.9 Å². The molecule has 0 aliphatic carbocycles. The molecule has 2 aromatic carbocycles. The van der Waals surface area contributed by atoms with Crippen LogP contribution in [0.1, 0.15) is 34.5 Å². The Hall–Kier alpha value is -2.66. The highest BCUT2D eigenvalue weighted by Crippen LogP contribution is 2.23. The maximum absolute atomic E-state index is 12.5. The summed E-state index contributed by atoms with van der Waals surface area (Å²) in [6.07, 6.45) is 3.10. The normalized spacial score (nSPS) is 12.0. The lowest BCUT2D eigenvalue weighted by Crippen LogP contribution is -2.27. The molecule has 6 heteroatoms. The Balaban J connectivity index is 1.78. The fourth-order valence-electron chi connectivity index (χ4n) is 2.57. The highest BCUT2D eigenvalue weighted by atomic mass is 35.5. The van der Waals surface area contributed by atoms with Gasteiger partial charge >= 0.3 is 0 Å². The lowest BCUT2D eigenvalue weighted by molar-refractivity contribution is 0.0940. The number of hydrogen-bond donors (Lipinski definition) is 1. The maximum Gasteiger partial charge on any atom is 0.251 e. The molecule has 3 rings (SSSR count). The number of rotatable bonds is 4. The van der Waals surface area contributed by atoms with E-state index in [0.717, 1.165) is 16.8 Å². The number of aromatic nitrogens is 3. The standard InChI is InChI=1S/C18H17ClN4O/c1-12-9-14(7-8-17(12)23-11-20-10-21-23)18(24)22-13(2)15-5-3-4-6-16(15)19/h3-11,13H,1-2H3,(H,22,24)/t13-/m1/s1. The number of hydrogen-bond acceptors (Lipinski definition) is 3. The minimum Gasteiger partial charge on any atom is -0.345 e. The second-order valence-electron chi connectivity index (χ2n) is 5.56. The van der Waals surface area contributed by atoms with E-state index in [2.05, 4.69) is 15.4 Å². The van der Waals surface area contributed by atoms with E-state index in [0.29, 0.717) is 10.6 Å². The van der Waals surface area contributed by atoms with Gasteiger partial charge in [0.25, 0.3) is 5.91 Å². The van der Waals surface area contributed by atoms with E-state index in [4.69, 9.17) is 11.6 Å². The summed E-state index contributed by atoms with van der Waals surface area (Å²) in [4.78, 5) is 16.4. The zero-order chi connectivity index (χ0) is 17.1. The number of nitrogens with zero attached hydrogens (tertiary/aromatic N) is 3. The van der Waals surface area contributed by atoms with E-state index in [-0.39, 0.29) is 11.9 Å². The molecule has 0 spiro atoms. The molecule has 0 radical (unpaired) electrons. The van der Waals surface area contributed by atoms with Crippen molar-refractivity contribution in [3.05, 3.63) is 76.8 Å². The third-order valence-corrected chi connectivity index (χ3v) is 4.19. The van der Waals surface area contributed by atoms with Crippen LogP contribution >= 0.6 is 11.6 Å². The van der Waals surface area contributed by atoms with Crippen LogP contribution in [0.3, 0.4) is 0 Å². The summed E-state index contributed by atoms with van der Waals surface area (Å²) in [7, 11) is 0. The lowest BCUT2D eigenvalue weighted by atomic mass is 10.1. The van der Waals surface area contributed by atoms with Crippen LogP contribution in [0.5, 0.6) is 0 Å². The van der Waals surface area contributed by atoms with Crippen molar-refractivity contribution in [3.8, 4) is 5.69 Å². The van der Waals surface area contributed by atoms with Gasteiger partial charge in [0.2, 0.25) is 0 Å². The van der Waals surface area contributed by atoms with E-state index in [1.807, 2.05) is 50.2 Å². The van der Waals surface area contributed by atoms with Crippen molar-refractivity contribution in [1.82, 2.24) is 20.1 Å². The summed E-state index contributed by atoms with van der Waals surface area (Å²) >= 11 is 6.18. The van der Waals surface area contributed by atoms with Gasteiger partial charge in [-0.15, -0.1) is 0 Å². The molecule has 3 aromatic rings. The first-order valence-corrected chi connectivity index (χ1v) is 7.95. The topological polar surface area (TPSA) is 59.8 Å². The molecule has 0 fully saturated rings. The minimum atomic E-state index is -0.179. The smallest absolute Gasteiger partial charge is 0.251 e. The first-order valence-electron chi connectivity index (χ1n) is 7.57. The van der Waals surface area contributed by atoms with Crippen molar-refractivity contribution in [2.75, 3.05) is 0 Å². The Morgan fingerprint density at radius 2 is 2.04 bits per heavy atom. The number of benzene rings is 2. The summed E-state index contributed by atoms with van der Waals surface area (Å²) in [6.45, 7) is 3.85. The van der Waals surface area contributed by atoms with Gasteiger partial charge in [0, 0.05) is 10.6 Å². The van der Waals surface area contributed by atoms with Gasteiger partial charge in [0.15, 0.2) is 0 Å². The van der Waals surface area contributed by atoms with Gasteiger partial charge in [-0.1, -0.05) is 29.8 Å². The van der Waals surface area contributed by atoms with Crippen molar-refractivity contribution in [2.24, 2.45) is 0 Å². The number of aryl methyl sites for hydroxylation is 1. The Morgan fingerprint density at radius 3 is 2.71 bits per heavy atom. The zero-order valence-electron chi connectivity index (χ0n) is 13.4. The molecule has 1 N–H and O–H groups in total. The molecule has 0 saturated carbocycles. The van der Waals surface area contributed by atoms with Crippen LogP contribution in [0.4, 0.5) is 0 Å². The molecule has 1 heterocycles. The number of carbonyl (C=O) groups excluding carboxylic acids is 1. The lowest BCUT2D eigenvalue weighted by Gasteiger charge is -2.16. The Kier molecular flexibility index (Phi) is 4.62. The summed E-state index contributed by atoms with van der Waals surface area (Å²) in [5.41, 5.74) is 3.32. The average molecular weight is 341 g/mol. The zero-order valence-corrected chi connectivity index (χ0v) is 14.2. The fraction of sp³-hybridized carbons (Fsp3) is 0.167. The molecule has 1 aromatic heterocycles. The molecule has 0 bridgehead atoms. The number of halogens is 1. The molecule has 0 unspecified atom stereocenters.